The van der Waals surface area contributed by atoms with Gasteiger partial charge in [-0.2, -0.15) is 5.10 Å². The Bertz CT molecular complexity index is 900. The lowest BCUT2D eigenvalue weighted by Crippen LogP contribution is -2.15. The molecule has 3 aromatic rings. The predicted octanol–water partition coefficient (Wildman–Crippen LogP) is 1.26. The van der Waals surface area contributed by atoms with Crippen LogP contribution < -0.4 is 10.9 Å². The van der Waals surface area contributed by atoms with Crippen LogP contribution in [0.25, 0.3) is 16.6 Å². The van der Waals surface area contributed by atoms with Crippen LogP contribution in [0.4, 0.5) is 5.69 Å². The second-order valence-corrected chi connectivity index (χ2v) is 5.88. The molecule has 0 bridgehead atoms. The molecular formula is C13H12N4O2S. The first-order valence-electron chi connectivity index (χ1n) is 5.83. The lowest BCUT2D eigenvalue weighted by atomic mass is 10.2. The molecule has 1 heterocycles. The highest BCUT2D eigenvalue weighted by Gasteiger charge is 2.16. The number of benzene rings is 2. The van der Waals surface area contributed by atoms with Crippen molar-refractivity contribution in [3.63, 3.8) is 0 Å². The van der Waals surface area contributed by atoms with Crippen LogP contribution in [0.5, 0.6) is 0 Å². The molecule has 3 rings (SSSR count). The Balaban J connectivity index is 2.31. The fraction of sp³-hybridized carbons (Fsp3) is 0. The molecule has 4 N–H and O–H groups in total. The lowest BCUT2D eigenvalue weighted by Gasteiger charge is -2.10. The Kier molecular flexibility index (Phi) is 2.73. The maximum Gasteiger partial charge on any atom is 0.240 e. The molecule has 0 spiro atoms. The quantitative estimate of drug-likeness (QED) is 0.692. The molecule has 6 nitrogen and oxygen atoms in total. The zero-order valence-electron chi connectivity index (χ0n) is 10.4. The highest BCUT2D eigenvalue weighted by atomic mass is 32.2. The number of nitrogen functional groups attached to an aromatic ring is 1. The van der Waals surface area contributed by atoms with Crippen LogP contribution in [-0.2, 0) is 10.0 Å². The number of nitrogens with zero attached hydrogens (tertiary/aromatic N) is 2. The van der Waals surface area contributed by atoms with Crippen molar-refractivity contribution in [2.75, 3.05) is 5.73 Å². The van der Waals surface area contributed by atoms with E-state index < -0.39 is 10.0 Å². The number of hydrogen-bond donors (Lipinski definition) is 2. The van der Waals surface area contributed by atoms with E-state index in [1.807, 2.05) is 24.3 Å². The van der Waals surface area contributed by atoms with Gasteiger partial charge in [0.25, 0.3) is 0 Å². The van der Waals surface area contributed by atoms with E-state index in [2.05, 4.69) is 5.10 Å². The van der Waals surface area contributed by atoms with Crippen LogP contribution in [0.15, 0.2) is 53.6 Å². The summed E-state index contributed by atoms with van der Waals surface area (Å²) < 4.78 is 24.6. The molecule has 0 fully saturated rings. The maximum absolute atomic E-state index is 11.5. The highest BCUT2D eigenvalue weighted by Crippen LogP contribution is 2.27. The van der Waals surface area contributed by atoms with Crippen molar-refractivity contribution < 1.29 is 8.42 Å². The van der Waals surface area contributed by atoms with Crippen molar-refractivity contribution >= 4 is 26.6 Å². The second kappa shape index (κ2) is 4.32. The minimum Gasteiger partial charge on any atom is -0.396 e. The average molecular weight is 288 g/mol. The molecular weight excluding hydrogens is 276 g/mol. The van der Waals surface area contributed by atoms with Gasteiger partial charge in [-0.1, -0.05) is 24.3 Å². The van der Waals surface area contributed by atoms with Crippen molar-refractivity contribution in [2.24, 2.45) is 5.14 Å². The summed E-state index contributed by atoms with van der Waals surface area (Å²) >= 11 is 0. The molecule has 0 saturated carbocycles. The summed E-state index contributed by atoms with van der Waals surface area (Å²) in [7, 11) is -3.87. The normalized spacial score (nSPS) is 11.8. The van der Waals surface area contributed by atoms with E-state index in [9.17, 15) is 8.42 Å². The summed E-state index contributed by atoms with van der Waals surface area (Å²) in [5, 5.41) is 10.3. The van der Waals surface area contributed by atoms with Gasteiger partial charge in [-0.15, -0.1) is 0 Å². The van der Waals surface area contributed by atoms with E-state index in [4.69, 9.17) is 10.9 Å². The van der Waals surface area contributed by atoms with Gasteiger partial charge in [0.15, 0.2) is 0 Å². The molecule has 0 aliphatic heterocycles. The highest BCUT2D eigenvalue weighted by molar-refractivity contribution is 7.89. The van der Waals surface area contributed by atoms with Gasteiger partial charge < -0.3 is 5.73 Å². The molecule has 0 aliphatic carbocycles. The SMILES string of the molecule is Nc1c(-n2ncc3ccccc32)cccc1S(N)(=O)=O. The third-order valence-electron chi connectivity index (χ3n) is 3.06. The summed E-state index contributed by atoms with van der Waals surface area (Å²) in [5.41, 5.74) is 7.34. The molecule has 7 heteroatoms. The van der Waals surface area contributed by atoms with E-state index in [1.54, 1.807) is 23.0 Å². The predicted molar refractivity (Wildman–Crippen MR) is 76.9 cm³/mol. The van der Waals surface area contributed by atoms with Crippen molar-refractivity contribution in [3.05, 3.63) is 48.7 Å². The first-order valence-corrected chi connectivity index (χ1v) is 7.37. The molecule has 0 radical (unpaired) electrons. The van der Waals surface area contributed by atoms with E-state index in [0.29, 0.717) is 5.69 Å². The minimum absolute atomic E-state index is 0.0869. The summed E-state index contributed by atoms with van der Waals surface area (Å²) in [6.07, 6.45) is 1.69. The van der Waals surface area contributed by atoms with Crippen LogP contribution in [0, 0.1) is 0 Å². The van der Waals surface area contributed by atoms with Gasteiger partial charge in [0.1, 0.15) is 4.90 Å². The molecule has 102 valence electrons. The largest absolute Gasteiger partial charge is 0.396 e. The molecule has 0 atom stereocenters. The average Bonchev–Trinajstić information content (AvgIpc) is 2.81. The fourth-order valence-electron chi connectivity index (χ4n) is 2.13. The molecule has 0 unspecified atom stereocenters. The summed E-state index contributed by atoms with van der Waals surface area (Å²) in [4.78, 5) is -0.102. The van der Waals surface area contributed by atoms with Crippen molar-refractivity contribution in [3.8, 4) is 5.69 Å². The zero-order chi connectivity index (χ0) is 14.3. The third-order valence-corrected chi connectivity index (χ3v) is 4.02. The molecule has 2 aromatic carbocycles. The lowest BCUT2D eigenvalue weighted by molar-refractivity contribution is 0.598. The smallest absolute Gasteiger partial charge is 0.240 e. The number of rotatable bonds is 2. The number of anilines is 1. The Morgan fingerprint density at radius 2 is 1.80 bits per heavy atom. The molecule has 0 saturated heterocycles. The number of hydrogen-bond acceptors (Lipinski definition) is 4. The van der Waals surface area contributed by atoms with Crippen molar-refractivity contribution in [1.82, 2.24) is 9.78 Å². The van der Waals surface area contributed by atoms with Gasteiger partial charge in [-0.05, 0) is 18.2 Å². The first kappa shape index (κ1) is 12.6. The molecule has 1 aromatic heterocycles. The van der Waals surface area contributed by atoms with Crippen molar-refractivity contribution in [1.29, 1.82) is 0 Å². The van der Waals surface area contributed by atoms with Gasteiger partial charge in [-0.25, -0.2) is 18.2 Å². The first-order chi connectivity index (χ1) is 9.48. The number of primary sulfonamides is 1. The van der Waals surface area contributed by atoms with E-state index in [-0.39, 0.29) is 10.6 Å². The van der Waals surface area contributed by atoms with Gasteiger partial charge >= 0.3 is 0 Å². The Morgan fingerprint density at radius 3 is 2.55 bits per heavy atom. The summed E-state index contributed by atoms with van der Waals surface area (Å²) in [5.74, 6) is 0. The molecule has 0 aliphatic rings. The number of aromatic nitrogens is 2. The van der Waals surface area contributed by atoms with Gasteiger partial charge in [0, 0.05) is 5.39 Å². The van der Waals surface area contributed by atoms with E-state index in [0.717, 1.165) is 10.9 Å². The number of para-hydroxylation sites is 2. The zero-order valence-corrected chi connectivity index (χ0v) is 11.2. The number of nitrogens with two attached hydrogens (primary N) is 2. The minimum atomic E-state index is -3.87. The fourth-order valence-corrected chi connectivity index (χ4v) is 2.81. The van der Waals surface area contributed by atoms with Crippen LogP contribution in [0.3, 0.4) is 0 Å². The van der Waals surface area contributed by atoms with Gasteiger partial charge in [0.05, 0.1) is 23.1 Å². The molecule has 0 amide bonds. The van der Waals surface area contributed by atoms with Gasteiger partial charge in [0.2, 0.25) is 10.0 Å². The summed E-state index contributed by atoms with van der Waals surface area (Å²) in [6, 6.07) is 12.2. The van der Waals surface area contributed by atoms with Crippen LogP contribution in [0.2, 0.25) is 0 Å². The topological polar surface area (TPSA) is 104 Å². The van der Waals surface area contributed by atoms with Crippen LogP contribution in [0.1, 0.15) is 0 Å². The van der Waals surface area contributed by atoms with E-state index in [1.165, 1.54) is 6.07 Å². The van der Waals surface area contributed by atoms with Crippen molar-refractivity contribution in [2.45, 2.75) is 4.90 Å². The van der Waals surface area contributed by atoms with Gasteiger partial charge in [-0.3, -0.25) is 0 Å². The van der Waals surface area contributed by atoms with E-state index >= 15 is 0 Å². The number of sulfonamides is 1. The maximum atomic E-state index is 11.5. The second-order valence-electron chi connectivity index (χ2n) is 4.35. The Morgan fingerprint density at radius 1 is 1.05 bits per heavy atom. The third kappa shape index (κ3) is 1.93. The monoisotopic (exact) mass is 288 g/mol. The Labute approximate surface area is 115 Å². The van der Waals surface area contributed by atoms with Crippen LogP contribution in [-0.4, -0.2) is 18.2 Å². The summed E-state index contributed by atoms with van der Waals surface area (Å²) in [6.45, 7) is 0. The molecule has 20 heavy (non-hydrogen) atoms. The standard InChI is InChI=1S/C13H12N4O2S/c14-13-11(6-3-7-12(13)20(15,18)19)17-10-5-2-1-4-9(10)8-16-17/h1-8H,14H2,(H2,15,18,19). The number of fused-ring (bicyclic) bond motifs is 1. The Hall–Kier alpha value is -2.38. The van der Waals surface area contributed by atoms with Crippen LogP contribution >= 0.6 is 0 Å².